The fourth-order valence-corrected chi connectivity index (χ4v) is 2.77. The summed E-state index contributed by atoms with van der Waals surface area (Å²) in [5.41, 5.74) is 0.546. The molecular weight excluding hydrogens is 268 g/mol. The van der Waals surface area contributed by atoms with Crippen LogP contribution in [0.5, 0.6) is 0 Å². The molecule has 0 amide bonds. The van der Waals surface area contributed by atoms with E-state index in [9.17, 15) is 13.2 Å². The van der Waals surface area contributed by atoms with Gasteiger partial charge in [-0.3, -0.25) is 9.52 Å². The van der Waals surface area contributed by atoms with Gasteiger partial charge < -0.3 is 5.11 Å². The summed E-state index contributed by atoms with van der Waals surface area (Å²) in [5.74, 6) is -1.06. The van der Waals surface area contributed by atoms with Gasteiger partial charge in [0.1, 0.15) is 0 Å². The second kappa shape index (κ2) is 6.20. The quantitative estimate of drug-likeness (QED) is 0.819. The minimum absolute atomic E-state index is 0.160. The summed E-state index contributed by atoms with van der Waals surface area (Å²) in [7, 11) is -3.84. The zero-order valence-electron chi connectivity index (χ0n) is 10.3. The number of anilines is 1. The Morgan fingerprint density at radius 3 is 2.63 bits per heavy atom. The van der Waals surface area contributed by atoms with Gasteiger partial charge in [-0.1, -0.05) is 25.1 Å². The number of nitrogens with zero attached hydrogens (tertiary/aromatic N) is 1. The van der Waals surface area contributed by atoms with E-state index in [2.05, 4.69) is 4.72 Å². The second-order valence-electron chi connectivity index (χ2n) is 3.90. The van der Waals surface area contributed by atoms with E-state index >= 15 is 0 Å². The van der Waals surface area contributed by atoms with Crippen molar-refractivity contribution in [3.05, 3.63) is 29.8 Å². The molecule has 6 nitrogen and oxygen atoms in total. The van der Waals surface area contributed by atoms with Crippen LogP contribution in [-0.4, -0.2) is 24.7 Å². The largest absolute Gasteiger partial charge is 0.481 e. The minimum atomic E-state index is -3.84. The third-order valence-corrected chi connectivity index (χ3v) is 4.19. The van der Waals surface area contributed by atoms with Gasteiger partial charge in [-0.15, -0.1) is 0 Å². The van der Waals surface area contributed by atoms with Crippen LogP contribution in [0.1, 0.15) is 18.9 Å². The molecule has 0 aromatic heterocycles. The molecule has 0 saturated carbocycles. The highest BCUT2D eigenvalue weighted by atomic mass is 32.2. The average molecular weight is 282 g/mol. The number of carbonyl (C=O) groups is 1. The van der Waals surface area contributed by atoms with Crippen molar-refractivity contribution in [2.45, 2.75) is 25.0 Å². The molecule has 0 heterocycles. The lowest BCUT2D eigenvalue weighted by molar-refractivity contribution is -0.136. The third-order valence-electron chi connectivity index (χ3n) is 2.50. The first-order valence-electron chi connectivity index (χ1n) is 5.61. The van der Waals surface area contributed by atoms with Gasteiger partial charge in [0.25, 0.3) is 0 Å². The Balaban J connectivity index is 3.06. The van der Waals surface area contributed by atoms with E-state index in [1.807, 2.05) is 0 Å². The molecule has 1 aromatic carbocycles. The zero-order chi connectivity index (χ0) is 14.5. The van der Waals surface area contributed by atoms with E-state index in [0.29, 0.717) is 5.56 Å². The molecule has 1 aromatic rings. The van der Waals surface area contributed by atoms with Crippen LogP contribution in [0.3, 0.4) is 0 Å². The number of sulfonamides is 1. The van der Waals surface area contributed by atoms with Crippen molar-refractivity contribution < 1.29 is 18.3 Å². The number of carboxylic acid groups (broad SMARTS) is 1. The fraction of sp³-hybridized carbons (Fsp3) is 0.333. The van der Waals surface area contributed by atoms with Crippen molar-refractivity contribution in [1.29, 1.82) is 5.26 Å². The van der Waals surface area contributed by atoms with Gasteiger partial charge in [0, 0.05) is 0 Å². The molecular formula is C12H14N2O4S. The first-order valence-corrected chi connectivity index (χ1v) is 7.16. The van der Waals surface area contributed by atoms with Crippen molar-refractivity contribution in [2.24, 2.45) is 0 Å². The Morgan fingerprint density at radius 1 is 1.47 bits per heavy atom. The van der Waals surface area contributed by atoms with Crippen molar-refractivity contribution >= 4 is 21.7 Å². The summed E-state index contributed by atoms with van der Waals surface area (Å²) in [5, 5.41) is 16.4. The average Bonchev–Trinajstić information content (AvgIpc) is 2.32. The number of nitriles is 1. The van der Waals surface area contributed by atoms with Crippen LogP contribution < -0.4 is 4.72 Å². The van der Waals surface area contributed by atoms with Crippen LogP contribution >= 0.6 is 0 Å². The van der Waals surface area contributed by atoms with Crippen LogP contribution in [0, 0.1) is 11.3 Å². The number of aliphatic carboxylic acids is 1. The van der Waals surface area contributed by atoms with Crippen molar-refractivity contribution in [3.8, 4) is 6.07 Å². The maximum atomic E-state index is 11.9. The van der Waals surface area contributed by atoms with Crippen molar-refractivity contribution in [3.63, 3.8) is 0 Å². The number of hydrogen-bond donors (Lipinski definition) is 2. The van der Waals surface area contributed by atoms with E-state index in [0.717, 1.165) is 0 Å². The molecule has 19 heavy (non-hydrogen) atoms. The highest BCUT2D eigenvalue weighted by Crippen LogP contribution is 2.19. The highest BCUT2D eigenvalue weighted by Gasteiger charge is 2.24. The van der Waals surface area contributed by atoms with Gasteiger partial charge in [0.2, 0.25) is 10.0 Å². The topological polar surface area (TPSA) is 107 Å². The summed E-state index contributed by atoms with van der Waals surface area (Å²) in [6.45, 7) is 1.59. The normalized spacial score (nSPS) is 12.4. The lowest BCUT2D eigenvalue weighted by Crippen LogP contribution is -2.26. The number of rotatable bonds is 6. The molecule has 1 rings (SSSR count). The predicted octanol–water partition coefficient (Wildman–Crippen LogP) is 1.36. The van der Waals surface area contributed by atoms with Crippen LogP contribution in [0.15, 0.2) is 24.3 Å². The highest BCUT2D eigenvalue weighted by molar-refractivity contribution is 7.93. The minimum Gasteiger partial charge on any atom is -0.481 e. The van der Waals surface area contributed by atoms with E-state index in [1.54, 1.807) is 25.1 Å². The SMILES string of the molecule is CCC(C#N)S(=O)(=O)Nc1ccccc1CC(=O)O. The van der Waals surface area contributed by atoms with Gasteiger partial charge in [-0.2, -0.15) is 5.26 Å². The standard InChI is InChI=1S/C12H14N2O4S/c1-2-10(8-13)19(17,18)14-11-6-4-3-5-9(11)7-12(15)16/h3-6,10,14H,2,7H2,1H3,(H,15,16). The number of carboxylic acids is 1. The summed E-state index contributed by atoms with van der Waals surface area (Å²) in [6, 6.07) is 7.92. The molecule has 1 atom stereocenters. The first-order chi connectivity index (χ1) is 8.90. The molecule has 0 aliphatic rings. The van der Waals surface area contributed by atoms with Crippen LogP contribution in [0.25, 0.3) is 0 Å². The summed E-state index contributed by atoms with van der Waals surface area (Å²) in [4.78, 5) is 10.7. The number of para-hydroxylation sites is 1. The van der Waals surface area contributed by atoms with Gasteiger partial charge in [-0.25, -0.2) is 8.42 Å². The Morgan fingerprint density at radius 2 is 2.11 bits per heavy atom. The number of hydrogen-bond acceptors (Lipinski definition) is 4. The van der Waals surface area contributed by atoms with Crippen LogP contribution in [0.4, 0.5) is 5.69 Å². The first kappa shape index (κ1) is 15.0. The number of benzene rings is 1. The van der Waals surface area contributed by atoms with Crippen LogP contribution in [0.2, 0.25) is 0 Å². The molecule has 0 saturated heterocycles. The predicted molar refractivity (Wildman–Crippen MR) is 70.0 cm³/mol. The van der Waals surface area contributed by atoms with E-state index in [4.69, 9.17) is 10.4 Å². The van der Waals surface area contributed by atoms with Gasteiger partial charge in [-0.05, 0) is 18.1 Å². The number of nitrogens with one attached hydrogen (secondary N) is 1. The molecule has 0 bridgehead atoms. The molecule has 102 valence electrons. The molecule has 1 unspecified atom stereocenters. The monoisotopic (exact) mass is 282 g/mol. The molecule has 0 aliphatic heterocycles. The Bertz CT molecular complexity index is 604. The van der Waals surface area contributed by atoms with Gasteiger partial charge >= 0.3 is 5.97 Å². The second-order valence-corrected chi connectivity index (χ2v) is 5.76. The summed E-state index contributed by atoms with van der Waals surface area (Å²) in [6.07, 6.45) is -0.130. The van der Waals surface area contributed by atoms with E-state index in [1.165, 1.54) is 12.1 Å². The molecule has 0 fully saturated rings. The summed E-state index contributed by atoms with van der Waals surface area (Å²) < 4.78 is 26.1. The molecule has 7 heteroatoms. The fourth-order valence-electron chi connectivity index (χ4n) is 1.54. The lowest BCUT2D eigenvalue weighted by atomic mass is 10.1. The Hall–Kier alpha value is -2.07. The third kappa shape index (κ3) is 3.96. The van der Waals surface area contributed by atoms with E-state index in [-0.39, 0.29) is 18.5 Å². The van der Waals surface area contributed by atoms with Crippen molar-refractivity contribution in [1.82, 2.24) is 0 Å². The van der Waals surface area contributed by atoms with Crippen LogP contribution in [-0.2, 0) is 21.2 Å². The lowest BCUT2D eigenvalue weighted by Gasteiger charge is -2.13. The summed E-state index contributed by atoms with van der Waals surface area (Å²) >= 11 is 0. The smallest absolute Gasteiger partial charge is 0.307 e. The Kier molecular flexibility index (Phi) is 4.89. The zero-order valence-corrected chi connectivity index (χ0v) is 11.1. The molecule has 0 radical (unpaired) electrons. The maximum Gasteiger partial charge on any atom is 0.307 e. The van der Waals surface area contributed by atoms with Gasteiger partial charge in [0.15, 0.2) is 5.25 Å². The Labute approximate surface area is 111 Å². The van der Waals surface area contributed by atoms with E-state index < -0.39 is 21.2 Å². The van der Waals surface area contributed by atoms with Crippen molar-refractivity contribution in [2.75, 3.05) is 4.72 Å². The van der Waals surface area contributed by atoms with Gasteiger partial charge in [0.05, 0.1) is 18.2 Å². The molecule has 0 spiro atoms. The molecule has 2 N–H and O–H groups in total. The molecule has 0 aliphatic carbocycles. The maximum absolute atomic E-state index is 11.9.